The molecule has 2 rings (SSSR count). The van der Waals surface area contributed by atoms with Gasteiger partial charge in [-0.1, -0.05) is 11.6 Å². The Bertz CT molecular complexity index is 401. The van der Waals surface area contributed by atoms with Crippen LogP contribution in [0.3, 0.4) is 0 Å². The van der Waals surface area contributed by atoms with Crippen LogP contribution in [0.5, 0.6) is 5.75 Å². The Morgan fingerprint density at radius 2 is 2.06 bits per heavy atom. The van der Waals surface area contributed by atoms with Gasteiger partial charge in [0, 0.05) is 5.02 Å². The molecule has 0 spiro atoms. The van der Waals surface area contributed by atoms with Crippen LogP contribution in [0.25, 0.3) is 0 Å². The van der Waals surface area contributed by atoms with Crippen LogP contribution in [0, 0.1) is 0 Å². The van der Waals surface area contributed by atoms with Crippen molar-refractivity contribution in [2.75, 3.05) is 13.2 Å². The molecule has 3 N–H and O–H groups in total. The summed E-state index contributed by atoms with van der Waals surface area (Å²) in [6, 6.07) is 7.09. The largest absolute Gasteiger partial charge is 0.492 e. The van der Waals surface area contributed by atoms with Gasteiger partial charge in [0.2, 0.25) is 5.91 Å². The van der Waals surface area contributed by atoms with Crippen molar-refractivity contribution in [1.29, 1.82) is 0 Å². The smallest absolute Gasteiger partial charge is 0.240 e. The van der Waals surface area contributed by atoms with Gasteiger partial charge in [0.25, 0.3) is 0 Å². The molecule has 0 bridgehead atoms. The lowest BCUT2D eigenvalue weighted by Gasteiger charge is -2.10. The maximum atomic E-state index is 11.5. The molecular formula is C12H15ClN2O2. The van der Waals surface area contributed by atoms with E-state index in [1.165, 1.54) is 0 Å². The Morgan fingerprint density at radius 1 is 1.41 bits per heavy atom. The summed E-state index contributed by atoms with van der Waals surface area (Å²) >= 11 is 5.75. The highest BCUT2D eigenvalue weighted by molar-refractivity contribution is 6.30. The standard InChI is InChI=1S/C12H15ClN2O2/c13-9-1-3-10(4-2-9)17-8-7-15-11(16)12(14)5-6-12/h1-4H,5-8,14H2,(H,15,16). The molecule has 0 radical (unpaired) electrons. The van der Waals surface area contributed by atoms with Gasteiger partial charge < -0.3 is 15.8 Å². The fourth-order valence-corrected chi connectivity index (χ4v) is 1.53. The van der Waals surface area contributed by atoms with Crippen molar-refractivity contribution in [2.45, 2.75) is 18.4 Å². The first-order chi connectivity index (χ1) is 8.10. The van der Waals surface area contributed by atoms with Crippen molar-refractivity contribution in [1.82, 2.24) is 5.32 Å². The summed E-state index contributed by atoms with van der Waals surface area (Å²) in [6.07, 6.45) is 1.55. The first-order valence-corrected chi connectivity index (χ1v) is 5.93. The molecule has 1 amide bonds. The van der Waals surface area contributed by atoms with E-state index in [1.54, 1.807) is 24.3 Å². The van der Waals surface area contributed by atoms with E-state index in [0.29, 0.717) is 18.2 Å². The van der Waals surface area contributed by atoms with E-state index in [0.717, 1.165) is 18.6 Å². The minimum Gasteiger partial charge on any atom is -0.492 e. The number of hydrogen-bond acceptors (Lipinski definition) is 3. The SMILES string of the molecule is NC1(C(=O)NCCOc2ccc(Cl)cc2)CC1. The molecular weight excluding hydrogens is 240 g/mol. The zero-order valence-corrected chi connectivity index (χ0v) is 10.2. The van der Waals surface area contributed by atoms with E-state index in [1.807, 2.05) is 0 Å². The molecule has 0 atom stereocenters. The van der Waals surface area contributed by atoms with Gasteiger partial charge in [-0.3, -0.25) is 4.79 Å². The van der Waals surface area contributed by atoms with E-state index in [2.05, 4.69) is 5.32 Å². The van der Waals surface area contributed by atoms with Crippen LogP contribution in [0.2, 0.25) is 5.02 Å². The maximum absolute atomic E-state index is 11.5. The van der Waals surface area contributed by atoms with Crippen molar-refractivity contribution in [3.63, 3.8) is 0 Å². The lowest BCUT2D eigenvalue weighted by molar-refractivity contribution is -0.123. The molecule has 1 saturated carbocycles. The fourth-order valence-electron chi connectivity index (χ4n) is 1.40. The van der Waals surface area contributed by atoms with E-state index in [-0.39, 0.29) is 5.91 Å². The monoisotopic (exact) mass is 254 g/mol. The number of ether oxygens (including phenoxy) is 1. The third-order valence-corrected chi connectivity index (χ3v) is 2.96. The fraction of sp³-hybridized carbons (Fsp3) is 0.417. The van der Waals surface area contributed by atoms with E-state index in [9.17, 15) is 4.79 Å². The van der Waals surface area contributed by atoms with Crippen LogP contribution in [0.4, 0.5) is 0 Å². The third-order valence-electron chi connectivity index (χ3n) is 2.71. The molecule has 1 aromatic rings. The van der Waals surface area contributed by atoms with Crippen molar-refractivity contribution >= 4 is 17.5 Å². The van der Waals surface area contributed by atoms with E-state index >= 15 is 0 Å². The molecule has 1 aromatic carbocycles. The van der Waals surface area contributed by atoms with Crippen LogP contribution in [0.1, 0.15) is 12.8 Å². The number of rotatable bonds is 5. The zero-order valence-electron chi connectivity index (χ0n) is 9.41. The maximum Gasteiger partial charge on any atom is 0.240 e. The van der Waals surface area contributed by atoms with E-state index < -0.39 is 5.54 Å². The molecule has 17 heavy (non-hydrogen) atoms. The van der Waals surface area contributed by atoms with Crippen LogP contribution >= 0.6 is 11.6 Å². The van der Waals surface area contributed by atoms with Crippen LogP contribution in [0.15, 0.2) is 24.3 Å². The molecule has 1 aliphatic rings. The zero-order chi connectivity index (χ0) is 12.3. The highest BCUT2D eigenvalue weighted by atomic mass is 35.5. The number of carbonyl (C=O) groups excluding carboxylic acids is 1. The molecule has 4 nitrogen and oxygen atoms in total. The molecule has 1 fully saturated rings. The van der Waals surface area contributed by atoms with Gasteiger partial charge in [-0.05, 0) is 37.1 Å². The number of hydrogen-bond donors (Lipinski definition) is 2. The van der Waals surface area contributed by atoms with Gasteiger partial charge in [0.15, 0.2) is 0 Å². The molecule has 0 aliphatic heterocycles. The topological polar surface area (TPSA) is 64.4 Å². The first kappa shape index (κ1) is 12.2. The summed E-state index contributed by atoms with van der Waals surface area (Å²) in [4.78, 5) is 11.5. The van der Waals surface area contributed by atoms with Crippen molar-refractivity contribution in [2.24, 2.45) is 5.73 Å². The number of halogens is 1. The molecule has 0 heterocycles. The van der Waals surface area contributed by atoms with Gasteiger partial charge in [0.05, 0.1) is 12.1 Å². The Kier molecular flexibility index (Phi) is 3.54. The number of carbonyl (C=O) groups is 1. The predicted octanol–water partition coefficient (Wildman–Crippen LogP) is 1.33. The van der Waals surface area contributed by atoms with Gasteiger partial charge in [-0.15, -0.1) is 0 Å². The second-order valence-electron chi connectivity index (χ2n) is 4.21. The number of amides is 1. The molecule has 1 aliphatic carbocycles. The summed E-state index contributed by atoms with van der Waals surface area (Å²) in [5.41, 5.74) is 5.12. The molecule has 0 aromatic heterocycles. The molecule has 5 heteroatoms. The second-order valence-corrected chi connectivity index (χ2v) is 4.65. The average Bonchev–Trinajstić information content (AvgIpc) is 3.06. The number of nitrogens with one attached hydrogen (secondary N) is 1. The predicted molar refractivity (Wildman–Crippen MR) is 66.1 cm³/mol. The highest BCUT2D eigenvalue weighted by Crippen LogP contribution is 2.31. The summed E-state index contributed by atoms with van der Waals surface area (Å²) in [5, 5.41) is 3.42. The number of nitrogens with two attached hydrogens (primary N) is 1. The Morgan fingerprint density at radius 3 is 2.65 bits per heavy atom. The summed E-state index contributed by atoms with van der Waals surface area (Å²) < 4.78 is 5.43. The first-order valence-electron chi connectivity index (χ1n) is 5.56. The van der Waals surface area contributed by atoms with Gasteiger partial charge in [0.1, 0.15) is 12.4 Å². The lowest BCUT2D eigenvalue weighted by Crippen LogP contribution is -2.44. The van der Waals surface area contributed by atoms with Gasteiger partial charge in [-0.2, -0.15) is 0 Å². The second kappa shape index (κ2) is 4.94. The Hall–Kier alpha value is -1.26. The normalized spacial score (nSPS) is 16.4. The van der Waals surface area contributed by atoms with E-state index in [4.69, 9.17) is 22.1 Å². The lowest BCUT2D eigenvalue weighted by atomic mass is 10.3. The minimum atomic E-state index is -0.611. The summed E-state index contributed by atoms with van der Waals surface area (Å²) in [6.45, 7) is 0.879. The quantitative estimate of drug-likeness (QED) is 0.779. The summed E-state index contributed by atoms with van der Waals surface area (Å²) in [7, 11) is 0. The van der Waals surface area contributed by atoms with Crippen LogP contribution in [-0.2, 0) is 4.79 Å². The Labute approximate surface area is 105 Å². The van der Waals surface area contributed by atoms with Crippen molar-refractivity contribution in [3.05, 3.63) is 29.3 Å². The van der Waals surface area contributed by atoms with Crippen molar-refractivity contribution in [3.8, 4) is 5.75 Å². The van der Waals surface area contributed by atoms with Gasteiger partial charge in [-0.25, -0.2) is 0 Å². The molecule has 92 valence electrons. The third kappa shape index (κ3) is 3.35. The minimum absolute atomic E-state index is 0.0859. The Balaban J connectivity index is 1.66. The van der Waals surface area contributed by atoms with Crippen LogP contribution < -0.4 is 15.8 Å². The van der Waals surface area contributed by atoms with Crippen molar-refractivity contribution < 1.29 is 9.53 Å². The van der Waals surface area contributed by atoms with Gasteiger partial charge >= 0.3 is 0 Å². The molecule has 0 unspecified atom stereocenters. The number of benzene rings is 1. The highest BCUT2D eigenvalue weighted by Gasteiger charge is 2.45. The average molecular weight is 255 g/mol. The summed E-state index contributed by atoms with van der Waals surface area (Å²) in [5.74, 6) is 0.648. The molecule has 0 saturated heterocycles. The van der Waals surface area contributed by atoms with Crippen LogP contribution in [-0.4, -0.2) is 24.6 Å².